The number of nitrogens with zero attached hydrogens (tertiary/aromatic N) is 2. The minimum Gasteiger partial charge on any atom is -0.506 e. The Morgan fingerprint density at radius 2 is 1.94 bits per heavy atom. The number of rotatable bonds is 1. The Morgan fingerprint density at radius 1 is 1.12 bits per heavy atom. The van der Waals surface area contributed by atoms with E-state index < -0.39 is 0 Å². The first-order valence-electron chi connectivity index (χ1n) is 4.93. The summed E-state index contributed by atoms with van der Waals surface area (Å²) in [5, 5.41) is 9.30. The zero-order valence-corrected chi connectivity index (χ0v) is 8.38. The number of pyridine rings is 1. The highest BCUT2D eigenvalue weighted by Gasteiger charge is 2.05. The number of hydrogen-bond acceptors (Lipinski definition) is 3. The number of hydrogen-bond donors (Lipinski definition) is 2. The minimum atomic E-state index is 0.135. The van der Waals surface area contributed by atoms with E-state index in [0.717, 1.165) is 16.9 Å². The fourth-order valence-electron chi connectivity index (χ4n) is 1.62. The van der Waals surface area contributed by atoms with E-state index >= 15 is 0 Å². The molecule has 0 saturated carbocycles. The van der Waals surface area contributed by atoms with E-state index in [1.54, 1.807) is 6.07 Å². The van der Waals surface area contributed by atoms with Crippen LogP contribution in [0.4, 0.5) is 0 Å². The summed E-state index contributed by atoms with van der Waals surface area (Å²) in [4.78, 5) is 11.5. The molecule has 0 fully saturated rings. The molecule has 0 aliphatic rings. The standard InChI is InChI=1S/C12H9N3O/c16-9-6-10-12(13-7-9)15-11(14-10)8-4-2-1-3-5-8/h1-7,16H,(H,13,14,15). The van der Waals surface area contributed by atoms with E-state index in [0.29, 0.717) is 5.65 Å². The molecule has 3 rings (SSSR count). The van der Waals surface area contributed by atoms with Gasteiger partial charge in [-0.25, -0.2) is 9.97 Å². The Morgan fingerprint density at radius 3 is 2.75 bits per heavy atom. The molecule has 0 bridgehead atoms. The van der Waals surface area contributed by atoms with Crippen LogP contribution in [0.5, 0.6) is 5.75 Å². The van der Waals surface area contributed by atoms with Crippen molar-refractivity contribution in [3.05, 3.63) is 42.6 Å². The number of H-pyrrole nitrogens is 1. The second-order valence-electron chi connectivity index (χ2n) is 3.52. The van der Waals surface area contributed by atoms with Crippen molar-refractivity contribution in [2.24, 2.45) is 0 Å². The Bertz CT molecular complexity index is 631. The molecule has 0 aliphatic heterocycles. The van der Waals surface area contributed by atoms with Crippen LogP contribution in [-0.2, 0) is 0 Å². The predicted molar refractivity (Wildman–Crippen MR) is 61.0 cm³/mol. The molecule has 2 aromatic heterocycles. The van der Waals surface area contributed by atoms with Crippen LogP contribution in [0, 0.1) is 0 Å². The third-order valence-electron chi connectivity index (χ3n) is 2.37. The van der Waals surface area contributed by atoms with E-state index in [1.165, 1.54) is 6.20 Å². The quantitative estimate of drug-likeness (QED) is 0.649. The highest BCUT2D eigenvalue weighted by molar-refractivity contribution is 5.76. The van der Waals surface area contributed by atoms with Gasteiger partial charge in [0.1, 0.15) is 11.6 Å². The molecule has 0 unspecified atom stereocenters. The maximum atomic E-state index is 9.30. The Kier molecular flexibility index (Phi) is 1.86. The number of aromatic nitrogens is 3. The second kappa shape index (κ2) is 3.34. The summed E-state index contributed by atoms with van der Waals surface area (Å²) in [6, 6.07) is 11.4. The van der Waals surface area contributed by atoms with Crippen molar-refractivity contribution in [1.82, 2.24) is 15.0 Å². The first-order valence-corrected chi connectivity index (χ1v) is 4.93. The molecule has 0 spiro atoms. The zero-order valence-electron chi connectivity index (χ0n) is 8.38. The van der Waals surface area contributed by atoms with Gasteiger partial charge in [-0.3, -0.25) is 0 Å². The molecule has 0 atom stereocenters. The average Bonchev–Trinajstić information content (AvgIpc) is 2.73. The number of benzene rings is 1. The van der Waals surface area contributed by atoms with Crippen molar-refractivity contribution in [3.63, 3.8) is 0 Å². The number of aromatic hydroxyl groups is 1. The van der Waals surface area contributed by atoms with Gasteiger partial charge in [-0.05, 0) is 0 Å². The number of nitrogens with one attached hydrogen (secondary N) is 1. The lowest BCUT2D eigenvalue weighted by Crippen LogP contribution is -1.78. The molecule has 0 saturated heterocycles. The number of fused-ring (bicyclic) bond motifs is 1. The van der Waals surface area contributed by atoms with Crippen LogP contribution in [0.1, 0.15) is 0 Å². The van der Waals surface area contributed by atoms with Crippen LogP contribution < -0.4 is 0 Å². The Hall–Kier alpha value is -2.36. The predicted octanol–water partition coefficient (Wildman–Crippen LogP) is 2.33. The second-order valence-corrected chi connectivity index (χ2v) is 3.52. The largest absolute Gasteiger partial charge is 0.506 e. The fourth-order valence-corrected chi connectivity index (χ4v) is 1.62. The van der Waals surface area contributed by atoms with E-state index in [1.807, 2.05) is 30.3 Å². The van der Waals surface area contributed by atoms with Gasteiger partial charge < -0.3 is 10.1 Å². The summed E-state index contributed by atoms with van der Waals surface area (Å²) in [5.41, 5.74) is 2.34. The Labute approximate surface area is 91.6 Å². The lowest BCUT2D eigenvalue weighted by molar-refractivity contribution is 0.473. The lowest BCUT2D eigenvalue weighted by Gasteiger charge is -1.93. The van der Waals surface area contributed by atoms with Crippen molar-refractivity contribution in [1.29, 1.82) is 0 Å². The normalized spacial score (nSPS) is 10.8. The molecule has 4 nitrogen and oxygen atoms in total. The highest BCUT2D eigenvalue weighted by atomic mass is 16.3. The molecule has 16 heavy (non-hydrogen) atoms. The van der Waals surface area contributed by atoms with Gasteiger partial charge in [0, 0.05) is 11.6 Å². The third-order valence-corrected chi connectivity index (χ3v) is 2.37. The molecule has 2 heterocycles. The molecular formula is C12H9N3O. The highest BCUT2D eigenvalue weighted by Crippen LogP contribution is 2.20. The molecule has 0 amide bonds. The van der Waals surface area contributed by atoms with Crippen LogP contribution in [0.15, 0.2) is 42.6 Å². The van der Waals surface area contributed by atoms with Crippen molar-refractivity contribution in [3.8, 4) is 17.1 Å². The molecule has 1 aromatic carbocycles. The summed E-state index contributed by atoms with van der Waals surface area (Å²) >= 11 is 0. The van der Waals surface area contributed by atoms with Crippen molar-refractivity contribution >= 4 is 11.2 Å². The SMILES string of the molecule is Oc1cnc2nc(-c3ccccc3)[nH]c2c1. The van der Waals surface area contributed by atoms with Gasteiger partial charge in [-0.15, -0.1) is 0 Å². The lowest BCUT2D eigenvalue weighted by atomic mass is 10.2. The molecule has 2 N–H and O–H groups in total. The summed E-state index contributed by atoms with van der Waals surface area (Å²) in [6.07, 6.45) is 1.39. The van der Waals surface area contributed by atoms with Crippen LogP contribution >= 0.6 is 0 Å². The average molecular weight is 211 g/mol. The van der Waals surface area contributed by atoms with E-state index in [9.17, 15) is 5.11 Å². The summed E-state index contributed by atoms with van der Waals surface area (Å²) < 4.78 is 0. The number of aromatic amines is 1. The summed E-state index contributed by atoms with van der Waals surface area (Å²) in [5.74, 6) is 0.893. The summed E-state index contributed by atoms with van der Waals surface area (Å²) in [7, 11) is 0. The molecule has 4 heteroatoms. The topological polar surface area (TPSA) is 61.8 Å². The van der Waals surface area contributed by atoms with E-state index in [-0.39, 0.29) is 5.75 Å². The Balaban J connectivity index is 2.19. The fraction of sp³-hybridized carbons (Fsp3) is 0. The third kappa shape index (κ3) is 1.40. The van der Waals surface area contributed by atoms with Gasteiger partial charge in [0.05, 0.1) is 11.7 Å². The molecule has 0 radical (unpaired) electrons. The zero-order chi connectivity index (χ0) is 11.0. The van der Waals surface area contributed by atoms with Crippen molar-refractivity contribution in [2.45, 2.75) is 0 Å². The maximum Gasteiger partial charge on any atom is 0.178 e. The minimum absolute atomic E-state index is 0.135. The number of imidazole rings is 1. The van der Waals surface area contributed by atoms with Gasteiger partial charge in [-0.2, -0.15) is 0 Å². The van der Waals surface area contributed by atoms with Gasteiger partial charge in [0.2, 0.25) is 0 Å². The smallest absolute Gasteiger partial charge is 0.178 e. The first kappa shape index (κ1) is 8.91. The molecule has 3 aromatic rings. The van der Waals surface area contributed by atoms with Crippen molar-refractivity contribution < 1.29 is 5.11 Å². The molecular weight excluding hydrogens is 202 g/mol. The molecule has 0 aliphatic carbocycles. The van der Waals surface area contributed by atoms with Crippen LogP contribution in [0.25, 0.3) is 22.6 Å². The van der Waals surface area contributed by atoms with Gasteiger partial charge >= 0.3 is 0 Å². The van der Waals surface area contributed by atoms with Gasteiger partial charge in [0.25, 0.3) is 0 Å². The monoisotopic (exact) mass is 211 g/mol. The van der Waals surface area contributed by atoms with E-state index in [2.05, 4.69) is 15.0 Å². The first-order chi connectivity index (χ1) is 7.83. The maximum absolute atomic E-state index is 9.30. The van der Waals surface area contributed by atoms with Crippen LogP contribution in [0.2, 0.25) is 0 Å². The molecule has 78 valence electrons. The van der Waals surface area contributed by atoms with Crippen molar-refractivity contribution in [2.75, 3.05) is 0 Å². The summed E-state index contributed by atoms with van der Waals surface area (Å²) in [6.45, 7) is 0. The van der Waals surface area contributed by atoms with E-state index in [4.69, 9.17) is 0 Å². The van der Waals surface area contributed by atoms with Gasteiger partial charge in [-0.1, -0.05) is 30.3 Å². The van der Waals surface area contributed by atoms with Gasteiger partial charge in [0.15, 0.2) is 5.65 Å². The van der Waals surface area contributed by atoms with Crippen LogP contribution in [0.3, 0.4) is 0 Å². The van der Waals surface area contributed by atoms with Crippen LogP contribution in [-0.4, -0.2) is 20.1 Å².